The molecule has 0 aromatic heterocycles. The van der Waals surface area contributed by atoms with E-state index >= 15 is 0 Å². The number of nitrogens with two attached hydrogens (primary N) is 1. The Morgan fingerprint density at radius 2 is 1.94 bits per heavy atom. The van der Waals surface area contributed by atoms with Crippen molar-refractivity contribution >= 4 is 0 Å². The molecule has 0 spiro atoms. The van der Waals surface area contributed by atoms with E-state index in [1.54, 1.807) is 0 Å². The summed E-state index contributed by atoms with van der Waals surface area (Å²) in [5, 5.41) is 0. The third kappa shape index (κ3) is 4.43. The Labute approximate surface area is 108 Å². The van der Waals surface area contributed by atoms with Crippen LogP contribution in [-0.2, 0) is 0 Å². The molecule has 1 rings (SSSR count). The SMILES string of the molecule is CC(C)C1CCCN1CCC(CCN)C(F)(F)F. The quantitative estimate of drug-likeness (QED) is 0.800. The highest BCUT2D eigenvalue weighted by molar-refractivity contribution is 4.82. The van der Waals surface area contributed by atoms with Gasteiger partial charge in [0.1, 0.15) is 0 Å². The number of nitrogens with zero attached hydrogens (tertiary/aromatic N) is 1. The maximum Gasteiger partial charge on any atom is 0.391 e. The number of halogens is 3. The highest BCUT2D eigenvalue weighted by Gasteiger charge is 2.39. The first-order chi connectivity index (χ1) is 8.36. The summed E-state index contributed by atoms with van der Waals surface area (Å²) >= 11 is 0. The molecule has 2 atom stereocenters. The summed E-state index contributed by atoms with van der Waals surface area (Å²) in [5.74, 6) is -0.720. The third-order valence-electron chi connectivity index (χ3n) is 3.93. The average molecular weight is 266 g/mol. The van der Waals surface area contributed by atoms with Gasteiger partial charge in [-0.15, -0.1) is 0 Å². The lowest BCUT2D eigenvalue weighted by atomic mass is 9.98. The molecule has 1 saturated heterocycles. The van der Waals surface area contributed by atoms with E-state index in [-0.39, 0.29) is 19.4 Å². The molecule has 0 aromatic rings. The van der Waals surface area contributed by atoms with Gasteiger partial charge < -0.3 is 10.6 Å². The number of hydrogen-bond acceptors (Lipinski definition) is 2. The predicted molar refractivity (Wildman–Crippen MR) is 67.3 cm³/mol. The van der Waals surface area contributed by atoms with Crippen molar-refractivity contribution in [1.29, 1.82) is 0 Å². The fraction of sp³-hybridized carbons (Fsp3) is 1.00. The Morgan fingerprint density at radius 1 is 1.28 bits per heavy atom. The van der Waals surface area contributed by atoms with Crippen LogP contribution in [0.15, 0.2) is 0 Å². The zero-order valence-corrected chi connectivity index (χ0v) is 11.3. The van der Waals surface area contributed by atoms with Crippen LogP contribution in [0.2, 0.25) is 0 Å². The zero-order chi connectivity index (χ0) is 13.8. The highest BCUT2D eigenvalue weighted by atomic mass is 19.4. The van der Waals surface area contributed by atoms with E-state index in [0.717, 1.165) is 19.4 Å². The topological polar surface area (TPSA) is 29.3 Å². The van der Waals surface area contributed by atoms with Gasteiger partial charge in [0.25, 0.3) is 0 Å². The van der Waals surface area contributed by atoms with E-state index in [9.17, 15) is 13.2 Å². The molecule has 2 N–H and O–H groups in total. The minimum absolute atomic E-state index is 0.0453. The first kappa shape index (κ1) is 15.8. The second-order valence-electron chi connectivity index (χ2n) is 5.59. The average Bonchev–Trinajstić information content (AvgIpc) is 2.70. The van der Waals surface area contributed by atoms with Crippen LogP contribution >= 0.6 is 0 Å². The van der Waals surface area contributed by atoms with Gasteiger partial charge in [-0.05, 0) is 51.2 Å². The van der Waals surface area contributed by atoms with Gasteiger partial charge in [-0.2, -0.15) is 13.2 Å². The Balaban J connectivity index is 2.46. The molecule has 0 radical (unpaired) electrons. The molecular weight excluding hydrogens is 241 g/mol. The molecule has 0 aromatic carbocycles. The van der Waals surface area contributed by atoms with Gasteiger partial charge in [-0.3, -0.25) is 0 Å². The van der Waals surface area contributed by atoms with Gasteiger partial charge in [0, 0.05) is 6.04 Å². The Morgan fingerprint density at radius 3 is 2.44 bits per heavy atom. The van der Waals surface area contributed by atoms with Gasteiger partial charge in [0.2, 0.25) is 0 Å². The smallest absolute Gasteiger partial charge is 0.330 e. The van der Waals surface area contributed by atoms with Crippen LogP contribution in [0.25, 0.3) is 0 Å². The maximum absolute atomic E-state index is 12.8. The summed E-state index contributed by atoms with van der Waals surface area (Å²) in [6.45, 7) is 5.88. The van der Waals surface area contributed by atoms with Crippen molar-refractivity contribution in [2.24, 2.45) is 17.6 Å². The van der Waals surface area contributed by atoms with Crippen LogP contribution in [0.3, 0.4) is 0 Å². The second-order valence-corrected chi connectivity index (χ2v) is 5.59. The van der Waals surface area contributed by atoms with Crippen molar-refractivity contribution in [2.75, 3.05) is 19.6 Å². The van der Waals surface area contributed by atoms with Crippen LogP contribution in [0, 0.1) is 11.8 Å². The third-order valence-corrected chi connectivity index (χ3v) is 3.93. The van der Waals surface area contributed by atoms with Gasteiger partial charge in [0.15, 0.2) is 0 Å². The largest absolute Gasteiger partial charge is 0.391 e. The van der Waals surface area contributed by atoms with E-state index in [2.05, 4.69) is 18.7 Å². The molecule has 5 heteroatoms. The molecule has 18 heavy (non-hydrogen) atoms. The van der Waals surface area contributed by atoms with Crippen molar-refractivity contribution in [1.82, 2.24) is 4.90 Å². The van der Waals surface area contributed by atoms with Crippen molar-refractivity contribution in [3.8, 4) is 0 Å². The fourth-order valence-corrected chi connectivity index (χ4v) is 2.88. The van der Waals surface area contributed by atoms with Gasteiger partial charge >= 0.3 is 6.18 Å². The van der Waals surface area contributed by atoms with Gasteiger partial charge in [-0.1, -0.05) is 13.8 Å². The number of alkyl halides is 3. The summed E-state index contributed by atoms with van der Waals surface area (Å²) in [6.07, 6.45) is -1.65. The monoisotopic (exact) mass is 266 g/mol. The van der Waals surface area contributed by atoms with Crippen LogP contribution in [0.1, 0.15) is 39.5 Å². The lowest BCUT2D eigenvalue weighted by Crippen LogP contribution is -2.37. The van der Waals surface area contributed by atoms with Crippen molar-refractivity contribution in [3.63, 3.8) is 0 Å². The molecule has 0 bridgehead atoms. The van der Waals surface area contributed by atoms with E-state index in [0.29, 0.717) is 18.5 Å². The molecular formula is C13H25F3N2. The molecule has 1 aliphatic rings. The molecule has 1 fully saturated rings. The van der Waals surface area contributed by atoms with Crippen LogP contribution < -0.4 is 5.73 Å². The van der Waals surface area contributed by atoms with E-state index in [4.69, 9.17) is 5.73 Å². The van der Waals surface area contributed by atoms with E-state index in [1.807, 2.05) is 0 Å². The predicted octanol–water partition coefficient (Wildman–Crippen LogP) is 3.02. The maximum atomic E-state index is 12.8. The number of likely N-dealkylation sites (tertiary alicyclic amines) is 1. The summed E-state index contributed by atoms with van der Waals surface area (Å²) in [5.41, 5.74) is 5.27. The molecule has 1 heterocycles. The number of hydrogen-bond donors (Lipinski definition) is 1. The van der Waals surface area contributed by atoms with E-state index in [1.165, 1.54) is 0 Å². The minimum atomic E-state index is -4.10. The van der Waals surface area contributed by atoms with Crippen LogP contribution in [0.4, 0.5) is 13.2 Å². The summed E-state index contributed by atoms with van der Waals surface area (Å²) < 4.78 is 38.3. The Bertz CT molecular complexity index is 241. The summed E-state index contributed by atoms with van der Waals surface area (Å²) in [6, 6.07) is 0.455. The molecule has 2 unspecified atom stereocenters. The van der Waals surface area contributed by atoms with Crippen molar-refractivity contribution in [3.05, 3.63) is 0 Å². The Hall–Kier alpha value is -0.290. The summed E-state index contributed by atoms with van der Waals surface area (Å²) in [7, 11) is 0. The first-order valence-electron chi connectivity index (χ1n) is 6.87. The normalized spacial score (nSPS) is 23.8. The van der Waals surface area contributed by atoms with Crippen molar-refractivity contribution < 1.29 is 13.2 Å². The minimum Gasteiger partial charge on any atom is -0.330 e. The Kier molecular flexibility index (Phi) is 5.92. The molecule has 1 aliphatic heterocycles. The molecule has 0 aliphatic carbocycles. The molecule has 108 valence electrons. The van der Waals surface area contributed by atoms with Crippen LogP contribution in [0.5, 0.6) is 0 Å². The van der Waals surface area contributed by atoms with Crippen molar-refractivity contribution in [2.45, 2.75) is 51.7 Å². The lowest BCUT2D eigenvalue weighted by Gasteiger charge is -2.29. The van der Waals surface area contributed by atoms with Gasteiger partial charge in [0.05, 0.1) is 5.92 Å². The fourth-order valence-electron chi connectivity index (χ4n) is 2.88. The highest BCUT2D eigenvalue weighted by Crippen LogP contribution is 2.32. The standard InChI is InChI=1S/C13H25F3N2/c1-10(2)12-4-3-8-18(12)9-6-11(5-7-17)13(14,15)16/h10-12H,3-9,17H2,1-2H3. The van der Waals surface area contributed by atoms with Gasteiger partial charge in [-0.25, -0.2) is 0 Å². The van der Waals surface area contributed by atoms with Crippen LogP contribution in [-0.4, -0.2) is 36.8 Å². The number of rotatable bonds is 6. The lowest BCUT2D eigenvalue weighted by molar-refractivity contribution is -0.178. The molecule has 0 saturated carbocycles. The molecule has 2 nitrogen and oxygen atoms in total. The molecule has 0 amide bonds. The first-order valence-corrected chi connectivity index (χ1v) is 6.87. The summed E-state index contributed by atoms with van der Waals surface area (Å²) in [4.78, 5) is 2.22. The zero-order valence-electron chi connectivity index (χ0n) is 11.3. The second kappa shape index (κ2) is 6.75. The van der Waals surface area contributed by atoms with E-state index < -0.39 is 12.1 Å².